The molecule has 0 aromatic heterocycles. The fourth-order valence-electron chi connectivity index (χ4n) is 2.61. The van der Waals surface area contributed by atoms with Crippen LogP contribution in [0.1, 0.15) is 59.8 Å². The second-order valence-corrected chi connectivity index (χ2v) is 7.27. The zero-order chi connectivity index (χ0) is 17.3. The molecule has 1 amide bonds. The van der Waals surface area contributed by atoms with Crippen LogP contribution < -0.4 is 11.1 Å². The average molecular weight is 326 g/mol. The number of nitrogens with two attached hydrogens (primary N) is 1. The van der Waals surface area contributed by atoms with Gasteiger partial charge in [-0.25, -0.2) is 4.79 Å². The Kier molecular flexibility index (Phi) is 8.20. The summed E-state index contributed by atoms with van der Waals surface area (Å²) in [5, 5.41) is 3.16. The van der Waals surface area contributed by atoms with Crippen molar-refractivity contribution >= 4 is 12.1 Å². The molecule has 0 radical (unpaired) electrons. The lowest BCUT2D eigenvalue weighted by Gasteiger charge is -2.34. The normalized spacial score (nSPS) is 19.6. The summed E-state index contributed by atoms with van der Waals surface area (Å²) in [4.78, 5) is 18.2. The summed E-state index contributed by atoms with van der Waals surface area (Å²) in [7, 11) is 0. The highest BCUT2D eigenvalue weighted by atomic mass is 16.6. The first kappa shape index (κ1) is 19.6. The van der Waals surface area contributed by atoms with E-state index >= 15 is 0 Å². The van der Waals surface area contributed by atoms with Gasteiger partial charge in [0.25, 0.3) is 0 Å². The lowest BCUT2D eigenvalue weighted by molar-refractivity contribution is 0.0162. The number of ether oxygens (including phenoxy) is 1. The molecule has 1 rings (SSSR count). The Balaban J connectivity index is 2.30. The molecule has 0 bridgehead atoms. The van der Waals surface area contributed by atoms with Gasteiger partial charge < -0.3 is 20.7 Å². The fourth-order valence-corrected chi connectivity index (χ4v) is 2.61. The van der Waals surface area contributed by atoms with E-state index in [0.29, 0.717) is 11.9 Å². The predicted octanol–water partition coefficient (Wildman–Crippen LogP) is 2.73. The highest BCUT2D eigenvalue weighted by molar-refractivity contribution is 5.77. The number of hydrogen-bond donors (Lipinski definition) is 2. The van der Waals surface area contributed by atoms with Gasteiger partial charge in [0.1, 0.15) is 5.60 Å². The van der Waals surface area contributed by atoms with Gasteiger partial charge in [-0.15, -0.1) is 0 Å². The molecule has 0 aliphatic carbocycles. The molecule has 0 saturated carbocycles. The van der Waals surface area contributed by atoms with Gasteiger partial charge in [-0.1, -0.05) is 13.3 Å². The summed E-state index contributed by atoms with van der Waals surface area (Å²) in [6, 6.07) is 0. The van der Waals surface area contributed by atoms with E-state index < -0.39 is 5.60 Å². The Morgan fingerprint density at radius 1 is 1.43 bits per heavy atom. The Bertz CT molecular complexity index is 391. The topological polar surface area (TPSA) is 80.0 Å². The number of rotatable bonds is 6. The summed E-state index contributed by atoms with van der Waals surface area (Å²) < 4.78 is 5.46. The molecular weight excluding hydrogens is 292 g/mol. The van der Waals surface area contributed by atoms with E-state index in [4.69, 9.17) is 10.5 Å². The maximum Gasteiger partial charge on any atom is 0.410 e. The molecule has 1 aliphatic rings. The van der Waals surface area contributed by atoms with Crippen LogP contribution in [0.25, 0.3) is 0 Å². The number of aliphatic imine (C=N–C) groups is 1. The Morgan fingerprint density at radius 3 is 2.83 bits per heavy atom. The lowest BCUT2D eigenvalue weighted by atomic mass is 9.95. The van der Waals surface area contributed by atoms with Crippen LogP contribution in [0.3, 0.4) is 0 Å². The van der Waals surface area contributed by atoms with E-state index in [1.807, 2.05) is 25.7 Å². The maximum atomic E-state index is 12.1. The van der Waals surface area contributed by atoms with Crippen LogP contribution in [0.5, 0.6) is 0 Å². The van der Waals surface area contributed by atoms with E-state index in [0.717, 1.165) is 58.3 Å². The predicted molar refractivity (Wildman–Crippen MR) is 94.5 cm³/mol. The van der Waals surface area contributed by atoms with Crippen molar-refractivity contribution in [2.75, 3.05) is 26.2 Å². The van der Waals surface area contributed by atoms with Crippen LogP contribution in [0.2, 0.25) is 0 Å². The minimum Gasteiger partial charge on any atom is -0.444 e. The van der Waals surface area contributed by atoms with E-state index in [2.05, 4.69) is 17.2 Å². The summed E-state index contributed by atoms with van der Waals surface area (Å²) in [6.45, 7) is 11.0. The van der Waals surface area contributed by atoms with Gasteiger partial charge in [0.15, 0.2) is 5.96 Å². The Morgan fingerprint density at radius 2 is 2.17 bits per heavy atom. The van der Waals surface area contributed by atoms with Crippen molar-refractivity contribution in [3.63, 3.8) is 0 Å². The van der Waals surface area contributed by atoms with Gasteiger partial charge in [0.2, 0.25) is 0 Å². The summed E-state index contributed by atoms with van der Waals surface area (Å²) in [5.41, 5.74) is 5.39. The van der Waals surface area contributed by atoms with Crippen LogP contribution in [0, 0.1) is 5.92 Å². The second kappa shape index (κ2) is 9.63. The molecule has 3 N–H and O–H groups in total. The minimum absolute atomic E-state index is 0.198. The third-order valence-electron chi connectivity index (χ3n) is 3.82. The number of hydrogen-bond acceptors (Lipinski definition) is 3. The SMILES string of the molecule is CCCCN=C(N)NCCC1CCCN(C(=O)OC(C)(C)C)C1. The van der Waals surface area contributed by atoms with Gasteiger partial charge in [-0.05, 0) is 52.4 Å². The number of piperidine rings is 1. The van der Waals surface area contributed by atoms with Crippen molar-refractivity contribution in [1.29, 1.82) is 0 Å². The number of likely N-dealkylation sites (tertiary alicyclic amines) is 1. The average Bonchev–Trinajstić information content (AvgIpc) is 2.46. The Labute approximate surface area is 140 Å². The zero-order valence-electron chi connectivity index (χ0n) is 15.2. The fraction of sp³-hybridized carbons (Fsp3) is 0.882. The van der Waals surface area contributed by atoms with Gasteiger partial charge >= 0.3 is 6.09 Å². The Hall–Kier alpha value is -1.46. The number of carbonyl (C=O) groups is 1. The van der Waals surface area contributed by atoms with Crippen molar-refractivity contribution in [1.82, 2.24) is 10.2 Å². The monoisotopic (exact) mass is 326 g/mol. The molecule has 23 heavy (non-hydrogen) atoms. The van der Waals surface area contributed by atoms with Gasteiger partial charge in [0.05, 0.1) is 0 Å². The largest absolute Gasteiger partial charge is 0.444 e. The standard InChI is InChI=1S/C17H34N4O2/c1-5-6-10-19-15(18)20-11-9-14-8-7-12-21(13-14)16(22)23-17(2,3)4/h14H,5-13H2,1-4H3,(H3,18,19,20). The number of carbonyl (C=O) groups excluding carboxylic acids is 1. The molecule has 0 aromatic rings. The number of nitrogens with zero attached hydrogens (tertiary/aromatic N) is 2. The van der Waals surface area contributed by atoms with E-state index in [-0.39, 0.29) is 6.09 Å². The van der Waals surface area contributed by atoms with E-state index in [1.54, 1.807) is 0 Å². The third kappa shape index (κ3) is 8.67. The first-order valence-corrected chi connectivity index (χ1v) is 8.83. The molecule has 1 fully saturated rings. The highest BCUT2D eigenvalue weighted by Crippen LogP contribution is 2.21. The maximum absolute atomic E-state index is 12.1. The summed E-state index contributed by atoms with van der Waals surface area (Å²) in [5.74, 6) is 1.02. The number of nitrogens with one attached hydrogen (secondary N) is 1. The van der Waals surface area contributed by atoms with Crippen LogP contribution >= 0.6 is 0 Å². The molecule has 1 aliphatic heterocycles. The van der Waals surface area contributed by atoms with Gasteiger partial charge in [-0.3, -0.25) is 4.99 Å². The minimum atomic E-state index is -0.436. The van der Waals surface area contributed by atoms with Crippen LogP contribution in [0.15, 0.2) is 4.99 Å². The molecule has 1 saturated heterocycles. The molecule has 0 spiro atoms. The molecule has 134 valence electrons. The van der Waals surface area contributed by atoms with Crippen molar-refractivity contribution in [3.05, 3.63) is 0 Å². The molecule has 0 aromatic carbocycles. The van der Waals surface area contributed by atoms with Crippen LogP contribution in [0.4, 0.5) is 4.79 Å². The first-order valence-electron chi connectivity index (χ1n) is 8.83. The zero-order valence-corrected chi connectivity index (χ0v) is 15.2. The molecule has 1 unspecified atom stereocenters. The van der Waals surface area contributed by atoms with Gasteiger partial charge in [0, 0.05) is 26.2 Å². The number of unbranched alkanes of at least 4 members (excludes halogenated alkanes) is 1. The molecule has 6 heteroatoms. The first-order chi connectivity index (χ1) is 10.8. The molecule has 1 heterocycles. The molecule has 6 nitrogen and oxygen atoms in total. The summed E-state index contributed by atoms with van der Waals surface area (Å²) >= 11 is 0. The van der Waals surface area contributed by atoms with Crippen molar-refractivity contribution in [2.45, 2.75) is 65.4 Å². The second-order valence-electron chi connectivity index (χ2n) is 7.27. The van der Waals surface area contributed by atoms with Crippen LogP contribution in [-0.4, -0.2) is 48.7 Å². The summed E-state index contributed by atoms with van der Waals surface area (Å²) in [6.07, 6.45) is 5.16. The van der Waals surface area contributed by atoms with E-state index in [1.165, 1.54) is 0 Å². The molecule has 1 atom stereocenters. The van der Waals surface area contributed by atoms with Crippen molar-refractivity contribution in [3.8, 4) is 0 Å². The number of guanidine groups is 1. The van der Waals surface area contributed by atoms with Crippen molar-refractivity contribution in [2.24, 2.45) is 16.6 Å². The quantitative estimate of drug-likeness (QED) is 0.447. The lowest BCUT2D eigenvalue weighted by Crippen LogP contribution is -2.43. The third-order valence-corrected chi connectivity index (χ3v) is 3.82. The van der Waals surface area contributed by atoms with Gasteiger partial charge in [-0.2, -0.15) is 0 Å². The smallest absolute Gasteiger partial charge is 0.410 e. The highest BCUT2D eigenvalue weighted by Gasteiger charge is 2.27. The van der Waals surface area contributed by atoms with E-state index in [9.17, 15) is 4.79 Å². The van der Waals surface area contributed by atoms with Crippen molar-refractivity contribution < 1.29 is 9.53 Å². The number of amides is 1. The van der Waals surface area contributed by atoms with Crippen LogP contribution in [-0.2, 0) is 4.74 Å². The molecular formula is C17H34N4O2.